The first-order valence-corrected chi connectivity index (χ1v) is 10.6. The highest BCUT2D eigenvalue weighted by Crippen LogP contribution is 2.12. The van der Waals surface area contributed by atoms with Gasteiger partial charge in [-0.05, 0) is 56.3 Å². The number of hydrogen-bond acceptors (Lipinski definition) is 6. The van der Waals surface area contributed by atoms with Crippen molar-refractivity contribution in [2.75, 3.05) is 19.8 Å². The number of esters is 3. The normalized spacial score (nSPS) is 11.4. The van der Waals surface area contributed by atoms with E-state index in [-0.39, 0.29) is 19.8 Å². The minimum atomic E-state index is -1.66. The zero-order chi connectivity index (χ0) is 21.5. The SMILES string of the molecule is CC(C)CCCOC(=O)C(C(=O)OCCCC(C)C)C(=O)OCCCC(C)C. The smallest absolute Gasteiger partial charge is 0.331 e. The van der Waals surface area contributed by atoms with Gasteiger partial charge in [-0.25, -0.2) is 0 Å². The Labute approximate surface area is 170 Å². The highest BCUT2D eigenvalue weighted by atomic mass is 16.6. The fourth-order valence-corrected chi connectivity index (χ4v) is 2.53. The predicted molar refractivity (Wildman–Crippen MR) is 109 cm³/mol. The lowest BCUT2D eigenvalue weighted by molar-refractivity contribution is -0.172. The Hall–Kier alpha value is -1.59. The van der Waals surface area contributed by atoms with Crippen LogP contribution in [0.25, 0.3) is 0 Å². The van der Waals surface area contributed by atoms with Crippen molar-refractivity contribution < 1.29 is 28.6 Å². The van der Waals surface area contributed by atoms with Crippen molar-refractivity contribution in [1.82, 2.24) is 0 Å². The quantitative estimate of drug-likeness (QED) is 0.174. The molecule has 0 saturated heterocycles. The molecule has 0 N–H and O–H groups in total. The monoisotopic (exact) mass is 400 g/mol. The molecule has 6 heteroatoms. The van der Waals surface area contributed by atoms with E-state index in [1.165, 1.54) is 0 Å². The van der Waals surface area contributed by atoms with E-state index in [1.54, 1.807) is 0 Å². The van der Waals surface area contributed by atoms with E-state index in [0.29, 0.717) is 37.0 Å². The van der Waals surface area contributed by atoms with E-state index < -0.39 is 23.8 Å². The lowest BCUT2D eigenvalue weighted by Gasteiger charge is -2.15. The van der Waals surface area contributed by atoms with Crippen LogP contribution in [0.15, 0.2) is 0 Å². The van der Waals surface area contributed by atoms with Crippen molar-refractivity contribution in [2.45, 2.75) is 80.1 Å². The fourth-order valence-electron chi connectivity index (χ4n) is 2.53. The number of rotatable bonds is 15. The van der Waals surface area contributed by atoms with Crippen LogP contribution in [0, 0.1) is 23.7 Å². The molecule has 0 heterocycles. The number of ether oxygens (including phenoxy) is 3. The first kappa shape index (κ1) is 26.4. The lowest BCUT2D eigenvalue weighted by Crippen LogP contribution is -2.36. The van der Waals surface area contributed by atoms with Gasteiger partial charge < -0.3 is 14.2 Å². The van der Waals surface area contributed by atoms with Crippen LogP contribution < -0.4 is 0 Å². The summed E-state index contributed by atoms with van der Waals surface area (Å²) in [5, 5.41) is 0. The van der Waals surface area contributed by atoms with Crippen LogP contribution in [-0.4, -0.2) is 37.7 Å². The second-order valence-electron chi connectivity index (χ2n) is 8.54. The van der Waals surface area contributed by atoms with Gasteiger partial charge in [-0.15, -0.1) is 0 Å². The Morgan fingerprint density at radius 2 is 0.786 bits per heavy atom. The van der Waals surface area contributed by atoms with E-state index >= 15 is 0 Å². The summed E-state index contributed by atoms with van der Waals surface area (Å²) in [6.45, 7) is 13.0. The molecule has 0 atom stereocenters. The highest BCUT2D eigenvalue weighted by molar-refractivity contribution is 6.12. The molecule has 164 valence electrons. The van der Waals surface area contributed by atoms with Gasteiger partial charge in [0.05, 0.1) is 19.8 Å². The van der Waals surface area contributed by atoms with Crippen LogP contribution in [-0.2, 0) is 28.6 Å². The average Bonchev–Trinajstić information content (AvgIpc) is 2.59. The molecule has 0 aliphatic rings. The molecule has 28 heavy (non-hydrogen) atoms. The van der Waals surface area contributed by atoms with E-state index in [0.717, 1.165) is 19.3 Å². The van der Waals surface area contributed by atoms with Gasteiger partial charge in [0.1, 0.15) is 0 Å². The van der Waals surface area contributed by atoms with E-state index in [2.05, 4.69) is 41.5 Å². The zero-order valence-electron chi connectivity index (χ0n) is 18.6. The topological polar surface area (TPSA) is 78.9 Å². The summed E-state index contributed by atoms with van der Waals surface area (Å²) in [7, 11) is 0. The van der Waals surface area contributed by atoms with Crippen molar-refractivity contribution in [1.29, 1.82) is 0 Å². The minimum absolute atomic E-state index is 0.175. The van der Waals surface area contributed by atoms with Gasteiger partial charge in [0, 0.05) is 0 Å². The molecule has 0 aromatic rings. The Morgan fingerprint density at radius 3 is 1.00 bits per heavy atom. The second-order valence-corrected chi connectivity index (χ2v) is 8.54. The van der Waals surface area contributed by atoms with Gasteiger partial charge in [-0.3, -0.25) is 14.4 Å². The van der Waals surface area contributed by atoms with E-state index in [4.69, 9.17) is 14.2 Å². The molecule has 0 unspecified atom stereocenters. The summed E-state index contributed by atoms with van der Waals surface area (Å²) in [5.74, 6) is -2.83. The van der Waals surface area contributed by atoms with Crippen molar-refractivity contribution >= 4 is 17.9 Å². The molecular formula is C22H40O6. The van der Waals surface area contributed by atoms with Gasteiger partial charge in [-0.1, -0.05) is 41.5 Å². The summed E-state index contributed by atoms with van der Waals surface area (Å²) >= 11 is 0. The molecule has 6 nitrogen and oxygen atoms in total. The Kier molecular flexibility index (Phi) is 14.5. The van der Waals surface area contributed by atoms with Gasteiger partial charge in [0.25, 0.3) is 5.92 Å². The van der Waals surface area contributed by atoms with Crippen LogP contribution in [0.1, 0.15) is 80.1 Å². The van der Waals surface area contributed by atoms with Crippen molar-refractivity contribution in [2.24, 2.45) is 23.7 Å². The Morgan fingerprint density at radius 1 is 0.536 bits per heavy atom. The standard InChI is InChI=1S/C22H40O6/c1-16(2)10-7-13-26-20(23)19(21(24)27-14-8-11-17(3)4)22(25)28-15-9-12-18(5)6/h16-19H,7-15H2,1-6H3. The van der Waals surface area contributed by atoms with Crippen molar-refractivity contribution in [3.05, 3.63) is 0 Å². The Bertz CT molecular complexity index is 389. The number of carbonyl (C=O) groups excluding carboxylic acids is 3. The third kappa shape index (κ3) is 13.6. The van der Waals surface area contributed by atoms with Gasteiger partial charge in [0.2, 0.25) is 0 Å². The van der Waals surface area contributed by atoms with Crippen LogP contribution in [0.2, 0.25) is 0 Å². The highest BCUT2D eigenvalue weighted by Gasteiger charge is 2.38. The van der Waals surface area contributed by atoms with Gasteiger partial charge in [-0.2, -0.15) is 0 Å². The molecule has 0 bridgehead atoms. The second kappa shape index (κ2) is 15.3. The molecular weight excluding hydrogens is 360 g/mol. The first-order chi connectivity index (χ1) is 13.1. The molecule has 0 aromatic carbocycles. The zero-order valence-corrected chi connectivity index (χ0v) is 18.6. The maximum Gasteiger partial charge on any atom is 0.331 e. The summed E-state index contributed by atoms with van der Waals surface area (Å²) in [6, 6.07) is 0. The van der Waals surface area contributed by atoms with Crippen molar-refractivity contribution in [3.63, 3.8) is 0 Å². The van der Waals surface area contributed by atoms with Crippen LogP contribution >= 0.6 is 0 Å². The van der Waals surface area contributed by atoms with Crippen LogP contribution in [0.3, 0.4) is 0 Å². The molecule has 0 rings (SSSR count). The molecule has 0 spiro atoms. The molecule has 0 aliphatic carbocycles. The van der Waals surface area contributed by atoms with E-state index in [1.807, 2.05) is 0 Å². The third-order valence-corrected chi connectivity index (χ3v) is 4.22. The summed E-state index contributed by atoms with van der Waals surface area (Å²) in [5.41, 5.74) is 0. The molecule has 0 fully saturated rings. The molecule has 0 aliphatic heterocycles. The molecule has 0 radical (unpaired) electrons. The van der Waals surface area contributed by atoms with Crippen LogP contribution in [0.4, 0.5) is 0 Å². The van der Waals surface area contributed by atoms with Gasteiger partial charge >= 0.3 is 17.9 Å². The van der Waals surface area contributed by atoms with E-state index in [9.17, 15) is 14.4 Å². The maximum atomic E-state index is 12.3. The first-order valence-electron chi connectivity index (χ1n) is 10.6. The number of carbonyl (C=O) groups is 3. The summed E-state index contributed by atoms with van der Waals surface area (Å²) in [6.07, 6.45) is 4.75. The average molecular weight is 401 g/mol. The predicted octanol–water partition coefficient (Wildman–Crippen LogP) is 4.54. The molecule has 0 aromatic heterocycles. The summed E-state index contributed by atoms with van der Waals surface area (Å²) < 4.78 is 15.4. The largest absolute Gasteiger partial charge is 0.465 e. The minimum Gasteiger partial charge on any atom is -0.465 e. The summed E-state index contributed by atoms with van der Waals surface area (Å²) in [4.78, 5) is 37.0. The van der Waals surface area contributed by atoms with Crippen LogP contribution in [0.5, 0.6) is 0 Å². The molecule has 0 amide bonds. The Balaban J connectivity index is 4.67. The van der Waals surface area contributed by atoms with Gasteiger partial charge in [0.15, 0.2) is 0 Å². The third-order valence-electron chi connectivity index (χ3n) is 4.22. The van der Waals surface area contributed by atoms with Crippen molar-refractivity contribution in [3.8, 4) is 0 Å². The lowest BCUT2D eigenvalue weighted by atomic mass is 10.1. The maximum absolute atomic E-state index is 12.3. The molecule has 0 saturated carbocycles. The number of hydrogen-bond donors (Lipinski definition) is 0. The fraction of sp³-hybridized carbons (Fsp3) is 0.864.